The minimum atomic E-state index is -3.91. The lowest BCUT2D eigenvalue weighted by Gasteiger charge is -2.22. The van der Waals surface area contributed by atoms with E-state index >= 15 is 0 Å². The summed E-state index contributed by atoms with van der Waals surface area (Å²) in [5.74, 6) is 0.924. The zero-order valence-electron chi connectivity index (χ0n) is 22.0. The summed E-state index contributed by atoms with van der Waals surface area (Å²) in [6, 6.07) is 21.5. The molecule has 9 heteroatoms. The molecule has 4 aromatic rings. The second kappa shape index (κ2) is 11.7. The van der Waals surface area contributed by atoms with Gasteiger partial charge in [0, 0.05) is 24.6 Å². The van der Waals surface area contributed by atoms with Crippen molar-refractivity contribution in [3.05, 3.63) is 107 Å². The van der Waals surface area contributed by atoms with Gasteiger partial charge in [-0.2, -0.15) is 9.29 Å². The van der Waals surface area contributed by atoms with Crippen LogP contribution in [-0.2, 0) is 27.8 Å². The first kappa shape index (κ1) is 27.2. The molecule has 1 N–H and O–H groups in total. The highest BCUT2D eigenvalue weighted by Crippen LogP contribution is 2.20. The second-order valence-electron chi connectivity index (χ2n) is 9.70. The van der Waals surface area contributed by atoms with Gasteiger partial charge in [-0.1, -0.05) is 78.7 Å². The van der Waals surface area contributed by atoms with Crippen molar-refractivity contribution in [2.24, 2.45) is 0 Å². The van der Waals surface area contributed by atoms with Crippen LogP contribution in [0.1, 0.15) is 53.7 Å². The zero-order valence-corrected chi connectivity index (χ0v) is 22.8. The third-order valence-electron chi connectivity index (χ3n) is 6.04. The lowest BCUT2D eigenvalue weighted by molar-refractivity contribution is -0.116. The minimum absolute atomic E-state index is 0.0753. The number of benzene rings is 3. The highest BCUT2D eigenvalue weighted by molar-refractivity contribution is 7.89. The number of aryl methyl sites for hydroxylation is 2. The molecular formula is C29H32N4O4S. The Morgan fingerprint density at radius 1 is 0.895 bits per heavy atom. The molecule has 0 unspecified atom stereocenters. The van der Waals surface area contributed by atoms with Crippen LogP contribution in [0.3, 0.4) is 0 Å². The largest absolute Gasteiger partial charge is 0.339 e. The molecule has 38 heavy (non-hydrogen) atoms. The smallest absolute Gasteiger partial charge is 0.243 e. The van der Waals surface area contributed by atoms with Crippen LogP contribution in [0.5, 0.6) is 0 Å². The summed E-state index contributed by atoms with van der Waals surface area (Å²) in [5, 5.41) is 6.83. The van der Waals surface area contributed by atoms with Gasteiger partial charge in [-0.15, -0.1) is 0 Å². The van der Waals surface area contributed by atoms with Gasteiger partial charge in [0.2, 0.25) is 21.8 Å². The fraction of sp³-hybridized carbons (Fsp3) is 0.276. The molecule has 0 aliphatic rings. The molecule has 0 aliphatic carbocycles. The SMILES string of the molecule is Cc1ccc(CN(CC(=O)Nc2ccc(Cc3noc(C(C)C)n3)cc2)S(=O)(=O)c2ccc(C)cc2)cc1. The van der Waals surface area contributed by atoms with Crippen molar-refractivity contribution >= 4 is 21.6 Å². The van der Waals surface area contributed by atoms with E-state index < -0.39 is 15.9 Å². The fourth-order valence-electron chi connectivity index (χ4n) is 3.81. The summed E-state index contributed by atoms with van der Waals surface area (Å²) in [6.07, 6.45) is 0.504. The standard InChI is InChI=1S/C29H32N4O4S/c1-20(2)29-31-27(32-37-29)17-23-11-13-25(14-12-23)30-28(34)19-33(18-24-9-5-21(3)6-10-24)38(35,36)26-15-7-22(4)8-16-26/h5-16,20H,17-19H2,1-4H3,(H,30,34). The van der Waals surface area contributed by atoms with E-state index in [0.717, 1.165) is 22.3 Å². The van der Waals surface area contributed by atoms with Crippen LogP contribution in [0.4, 0.5) is 5.69 Å². The Bertz CT molecular complexity index is 1480. The van der Waals surface area contributed by atoms with Crippen LogP contribution in [0.25, 0.3) is 0 Å². The van der Waals surface area contributed by atoms with E-state index in [1.807, 2.05) is 64.1 Å². The molecule has 4 rings (SSSR count). The average Bonchev–Trinajstić information content (AvgIpc) is 3.35. The fourth-order valence-corrected chi connectivity index (χ4v) is 5.19. The summed E-state index contributed by atoms with van der Waals surface area (Å²) in [7, 11) is -3.91. The maximum Gasteiger partial charge on any atom is 0.243 e. The van der Waals surface area contributed by atoms with Gasteiger partial charge in [0.25, 0.3) is 0 Å². The quantitative estimate of drug-likeness (QED) is 0.300. The number of carbonyl (C=O) groups excluding carboxylic acids is 1. The summed E-state index contributed by atoms with van der Waals surface area (Å²) in [4.78, 5) is 17.5. The molecule has 0 atom stereocenters. The monoisotopic (exact) mass is 532 g/mol. The molecule has 3 aromatic carbocycles. The number of rotatable bonds is 10. The molecule has 0 bridgehead atoms. The summed E-state index contributed by atoms with van der Waals surface area (Å²) in [6.45, 7) is 7.59. The van der Waals surface area contributed by atoms with Crippen molar-refractivity contribution in [1.82, 2.24) is 14.4 Å². The van der Waals surface area contributed by atoms with Gasteiger partial charge in [-0.3, -0.25) is 4.79 Å². The lowest BCUT2D eigenvalue weighted by Crippen LogP contribution is -2.37. The number of hydrogen-bond donors (Lipinski definition) is 1. The number of carbonyl (C=O) groups is 1. The molecule has 0 aliphatic heterocycles. The third-order valence-corrected chi connectivity index (χ3v) is 7.84. The van der Waals surface area contributed by atoms with E-state index in [0.29, 0.717) is 23.8 Å². The highest BCUT2D eigenvalue weighted by Gasteiger charge is 2.27. The van der Waals surface area contributed by atoms with Crippen molar-refractivity contribution in [1.29, 1.82) is 0 Å². The average molecular weight is 533 g/mol. The van der Waals surface area contributed by atoms with Crippen molar-refractivity contribution in [2.45, 2.75) is 51.5 Å². The van der Waals surface area contributed by atoms with E-state index in [-0.39, 0.29) is 23.9 Å². The van der Waals surface area contributed by atoms with Gasteiger partial charge in [-0.05, 0) is 49.2 Å². The number of sulfonamides is 1. The van der Waals surface area contributed by atoms with Crippen LogP contribution in [-0.4, -0.2) is 35.3 Å². The number of anilines is 1. The van der Waals surface area contributed by atoms with E-state index in [2.05, 4.69) is 15.5 Å². The number of aromatic nitrogens is 2. The second-order valence-corrected chi connectivity index (χ2v) is 11.6. The first-order chi connectivity index (χ1) is 18.1. The topological polar surface area (TPSA) is 105 Å². The summed E-state index contributed by atoms with van der Waals surface area (Å²) in [5.41, 5.74) is 4.35. The molecule has 1 amide bonds. The summed E-state index contributed by atoms with van der Waals surface area (Å²) >= 11 is 0. The molecule has 1 aromatic heterocycles. The maximum absolute atomic E-state index is 13.5. The van der Waals surface area contributed by atoms with Crippen LogP contribution >= 0.6 is 0 Å². The molecule has 8 nitrogen and oxygen atoms in total. The number of hydrogen-bond acceptors (Lipinski definition) is 6. The first-order valence-corrected chi connectivity index (χ1v) is 13.9. The first-order valence-electron chi connectivity index (χ1n) is 12.4. The molecule has 0 fully saturated rings. The van der Waals surface area contributed by atoms with Gasteiger partial charge in [0.05, 0.1) is 11.4 Å². The Labute approximate surface area is 223 Å². The number of nitrogens with one attached hydrogen (secondary N) is 1. The molecule has 0 saturated heterocycles. The van der Waals surface area contributed by atoms with E-state index in [4.69, 9.17) is 4.52 Å². The van der Waals surface area contributed by atoms with E-state index in [1.165, 1.54) is 4.31 Å². The Hall–Kier alpha value is -3.82. The van der Waals surface area contributed by atoms with Crippen LogP contribution in [0.2, 0.25) is 0 Å². The van der Waals surface area contributed by atoms with Gasteiger partial charge in [-0.25, -0.2) is 8.42 Å². The van der Waals surface area contributed by atoms with E-state index in [9.17, 15) is 13.2 Å². The lowest BCUT2D eigenvalue weighted by atomic mass is 10.1. The third kappa shape index (κ3) is 6.93. The highest BCUT2D eigenvalue weighted by atomic mass is 32.2. The van der Waals surface area contributed by atoms with Gasteiger partial charge >= 0.3 is 0 Å². The Morgan fingerprint density at radius 3 is 2.05 bits per heavy atom. The maximum atomic E-state index is 13.5. The van der Waals surface area contributed by atoms with E-state index in [1.54, 1.807) is 36.4 Å². The predicted octanol–water partition coefficient (Wildman–Crippen LogP) is 5.23. The van der Waals surface area contributed by atoms with Crippen molar-refractivity contribution in [2.75, 3.05) is 11.9 Å². The molecule has 198 valence electrons. The minimum Gasteiger partial charge on any atom is -0.339 e. The molecule has 1 heterocycles. The zero-order chi connectivity index (χ0) is 27.3. The van der Waals surface area contributed by atoms with Crippen molar-refractivity contribution < 1.29 is 17.7 Å². The number of nitrogens with zero attached hydrogens (tertiary/aromatic N) is 3. The number of amides is 1. The molecule has 0 spiro atoms. The van der Waals surface area contributed by atoms with Crippen LogP contribution in [0.15, 0.2) is 82.2 Å². The predicted molar refractivity (Wildman–Crippen MR) is 146 cm³/mol. The normalized spacial score (nSPS) is 11.7. The Balaban J connectivity index is 1.47. The van der Waals surface area contributed by atoms with Crippen LogP contribution < -0.4 is 5.32 Å². The van der Waals surface area contributed by atoms with Gasteiger partial charge in [0.1, 0.15) is 0 Å². The Morgan fingerprint density at radius 2 is 1.47 bits per heavy atom. The summed E-state index contributed by atoms with van der Waals surface area (Å²) < 4.78 is 33.4. The molecule has 0 radical (unpaired) electrons. The van der Waals surface area contributed by atoms with Crippen molar-refractivity contribution in [3.63, 3.8) is 0 Å². The van der Waals surface area contributed by atoms with Crippen LogP contribution in [0, 0.1) is 13.8 Å². The molecule has 0 saturated carbocycles. The van der Waals surface area contributed by atoms with Gasteiger partial charge in [0.15, 0.2) is 5.82 Å². The van der Waals surface area contributed by atoms with Crippen molar-refractivity contribution in [3.8, 4) is 0 Å². The molecular weight excluding hydrogens is 500 g/mol. The Kier molecular flexibility index (Phi) is 8.38. The van der Waals surface area contributed by atoms with Gasteiger partial charge < -0.3 is 9.84 Å².